The van der Waals surface area contributed by atoms with Gasteiger partial charge in [-0.1, -0.05) is 18.2 Å². The first-order valence-corrected chi connectivity index (χ1v) is 4.27. The molecular formula is C11H12O3. The van der Waals surface area contributed by atoms with E-state index in [0.29, 0.717) is 0 Å². The Labute approximate surface area is 82.3 Å². The molecule has 0 radical (unpaired) electrons. The van der Waals surface area contributed by atoms with Gasteiger partial charge in [-0.05, 0) is 30.2 Å². The molecule has 0 aliphatic heterocycles. The summed E-state index contributed by atoms with van der Waals surface area (Å²) < 4.78 is 0. The first kappa shape index (κ1) is 10.3. The van der Waals surface area contributed by atoms with Crippen molar-refractivity contribution in [3.63, 3.8) is 0 Å². The summed E-state index contributed by atoms with van der Waals surface area (Å²) in [4.78, 5) is 10.3. The molecule has 0 saturated carbocycles. The first-order chi connectivity index (χ1) is 6.59. The fourth-order valence-electron chi connectivity index (χ4n) is 1.11. The molecule has 0 amide bonds. The third-order valence-corrected chi connectivity index (χ3v) is 1.88. The Morgan fingerprint density at radius 2 is 2.21 bits per heavy atom. The molecule has 3 heteroatoms. The van der Waals surface area contributed by atoms with Crippen molar-refractivity contribution in [2.24, 2.45) is 0 Å². The number of hydrogen-bond donors (Lipinski definition) is 2. The van der Waals surface area contributed by atoms with Crippen LogP contribution in [0.5, 0.6) is 5.75 Å². The predicted octanol–water partition coefficient (Wildman–Crippen LogP) is 2.27. The fraction of sp³-hybridized carbons (Fsp3) is 0.182. The van der Waals surface area contributed by atoms with E-state index < -0.39 is 5.97 Å². The molecule has 0 spiro atoms. The van der Waals surface area contributed by atoms with E-state index in [4.69, 9.17) is 5.11 Å². The van der Waals surface area contributed by atoms with Gasteiger partial charge in [0.05, 0.1) is 6.42 Å². The maximum Gasteiger partial charge on any atom is 0.307 e. The Morgan fingerprint density at radius 1 is 1.50 bits per heavy atom. The van der Waals surface area contributed by atoms with Gasteiger partial charge >= 0.3 is 5.97 Å². The Bertz CT molecular complexity index is 367. The van der Waals surface area contributed by atoms with Gasteiger partial charge in [-0.3, -0.25) is 4.79 Å². The van der Waals surface area contributed by atoms with Crippen LogP contribution >= 0.6 is 0 Å². The van der Waals surface area contributed by atoms with Crippen LogP contribution in [0.4, 0.5) is 0 Å². The van der Waals surface area contributed by atoms with E-state index in [0.717, 1.165) is 11.1 Å². The first-order valence-electron chi connectivity index (χ1n) is 4.27. The molecule has 74 valence electrons. The van der Waals surface area contributed by atoms with Gasteiger partial charge in [-0.25, -0.2) is 0 Å². The van der Waals surface area contributed by atoms with Gasteiger partial charge in [0.2, 0.25) is 0 Å². The Balaban J connectivity index is 2.83. The summed E-state index contributed by atoms with van der Waals surface area (Å²) in [7, 11) is 0. The summed E-state index contributed by atoms with van der Waals surface area (Å²) in [5.74, 6) is -0.671. The quantitative estimate of drug-likeness (QED) is 0.772. The molecular weight excluding hydrogens is 180 g/mol. The van der Waals surface area contributed by atoms with Gasteiger partial charge in [-0.2, -0.15) is 0 Å². The highest BCUT2D eigenvalue weighted by atomic mass is 16.4. The van der Waals surface area contributed by atoms with Gasteiger partial charge < -0.3 is 10.2 Å². The minimum atomic E-state index is -0.857. The molecule has 3 nitrogen and oxygen atoms in total. The molecule has 0 heterocycles. The molecule has 0 unspecified atom stereocenters. The van der Waals surface area contributed by atoms with Crippen molar-refractivity contribution in [1.29, 1.82) is 0 Å². The number of benzene rings is 1. The number of phenolic OH excluding ortho intramolecular Hbond substituents is 1. The molecule has 0 aromatic heterocycles. The van der Waals surface area contributed by atoms with Crippen molar-refractivity contribution >= 4 is 11.5 Å². The topological polar surface area (TPSA) is 57.5 Å². The van der Waals surface area contributed by atoms with Crippen LogP contribution in [0.2, 0.25) is 0 Å². The lowest BCUT2D eigenvalue weighted by atomic mass is 10.1. The van der Waals surface area contributed by atoms with E-state index in [1.165, 1.54) is 0 Å². The normalized spacial score (nSPS) is 11.4. The highest BCUT2D eigenvalue weighted by molar-refractivity contribution is 5.73. The van der Waals surface area contributed by atoms with E-state index >= 15 is 0 Å². The van der Waals surface area contributed by atoms with E-state index in [1.54, 1.807) is 24.3 Å². The second-order valence-corrected chi connectivity index (χ2v) is 3.04. The number of carboxylic acids is 1. The minimum absolute atomic E-state index is 0.00148. The lowest BCUT2D eigenvalue weighted by molar-refractivity contribution is -0.135. The summed E-state index contributed by atoms with van der Waals surface area (Å²) >= 11 is 0. The largest absolute Gasteiger partial charge is 0.508 e. The fourth-order valence-corrected chi connectivity index (χ4v) is 1.11. The third-order valence-electron chi connectivity index (χ3n) is 1.88. The number of aromatic hydroxyl groups is 1. The van der Waals surface area contributed by atoms with E-state index in [9.17, 15) is 9.90 Å². The van der Waals surface area contributed by atoms with Crippen LogP contribution in [-0.2, 0) is 4.79 Å². The van der Waals surface area contributed by atoms with Crippen molar-refractivity contribution in [2.75, 3.05) is 0 Å². The smallest absolute Gasteiger partial charge is 0.307 e. The van der Waals surface area contributed by atoms with Gasteiger partial charge in [0.1, 0.15) is 5.75 Å². The van der Waals surface area contributed by atoms with Crippen molar-refractivity contribution in [2.45, 2.75) is 13.3 Å². The van der Waals surface area contributed by atoms with Crippen LogP contribution in [0.3, 0.4) is 0 Å². The maximum atomic E-state index is 10.3. The van der Waals surface area contributed by atoms with Gasteiger partial charge in [0.25, 0.3) is 0 Å². The van der Waals surface area contributed by atoms with Gasteiger partial charge in [0.15, 0.2) is 0 Å². The lowest BCUT2D eigenvalue weighted by Crippen LogP contribution is -1.91. The second kappa shape index (κ2) is 4.46. The molecule has 14 heavy (non-hydrogen) atoms. The number of hydrogen-bond acceptors (Lipinski definition) is 2. The summed E-state index contributed by atoms with van der Waals surface area (Å²) in [5.41, 5.74) is 1.69. The molecule has 0 aliphatic rings. The van der Waals surface area contributed by atoms with E-state index in [-0.39, 0.29) is 12.2 Å². The summed E-state index contributed by atoms with van der Waals surface area (Å²) in [5, 5.41) is 17.7. The highest BCUT2D eigenvalue weighted by Gasteiger charge is 1.98. The molecule has 0 bridgehead atoms. The average Bonchev–Trinajstić information content (AvgIpc) is 2.14. The number of rotatable bonds is 3. The predicted molar refractivity (Wildman–Crippen MR) is 54.0 cm³/mol. The molecule has 1 aromatic rings. The van der Waals surface area contributed by atoms with E-state index in [1.807, 2.05) is 13.0 Å². The monoisotopic (exact) mass is 192 g/mol. The standard InChI is InChI=1S/C11H12O3/c1-8(5-6-11(13)14)9-3-2-4-10(12)7-9/h2-5,7,12H,6H2,1H3,(H,13,14)/b8-5+. The van der Waals surface area contributed by atoms with Crippen molar-refractivity contribution in [3.05, 3.63) is 35.9 Å². The molecule has 1 rings (SSSR count). The zero-order valence-electron chi connectivity index (χ0n) is 7.90. The van der Waals surface area contributed by atoms with Crippen molar-refractivity contribution in [3.8, 4) is 5.75 Å². The number of aliphatic carboxylic acids is 1. The van der Waals surface area contributed by atoms with Crippen LogP contribution in [0.25, 0.3) is 5.57 Å². The summed E-state index contributed by atoms with van der Waals surface area (Å²) in [6, 6.07) is 6.73. The Hall–Kier alpha value is -1.77. The average molecular weight is 192 g/mol. The van der Waals surface area contributed by atoms with Crippen molar-refractivity contribution in [1.82, 2.24) is 0 Å². The summed E-state index contributed by atoms with van der Waals surface area (Å²) in [6.45, 7) is 1.82. The van der Waals surface area contributed by atoms with Crippen LogP contribution < -0.4 is 0 Å². The zero-order chi connectivity index (χ0) is 10.6. The molecule has 1 aromatic carbocycles. The number of allylic oxidation sites excluding steroid dienone is 1. The van der Waals surface area contributed by atoms with Crippen molar-refractivity contribution < 1.29 is 15.0 Å². The van der Waals surface area contributed by atoms with Gasteiger partial charge in [-0.15, -0.1) is 0 Å². The molecule has 2 N–H and O–H groups in total. The van der Waals surface area contributed by atoms with Crippen LogP contribution in [-0.4, -0.2) is 16.2 Å². The second-order valence-electron chi connectivity index (χ2n) is 3.04. The van der Waals surface area contributed by atoms with Crippen LogP contribution in [0, 0.1) is 0 Å². The Morgan fingerprint density at radius 3 is 2.79 bits per heavy atom. The maximum absolute atomic E-state index is 10.3. The molecule has 0 fully saturated rings. The van der Waals surface area contributed by atoms with Gasteiger partial charge in [0, 0.05) is 0 Å². The number of carbonyl (C=O) groups is 1. The zero-order valence-corrected chi connectivity index (χ0v) is 7.90. The number of phenols is 1. The van der Waals surface area contributed by atoms with Crippen LogP contribution in [0.15, 0.2) is 30.3 Å². The highest BCUT2D eigenvalue weighted by Crippen LogP contribution is 2.18. The number of carboxylic acid groups (broad SMARTS) is 1. The van der Waals surface area contributed by atoms with E-state index in [2.05, 4.69) is 0 Å². The Kier molecular flexibility index (Phi) is 3.29. The molecule has 0 saturated heterocycles. The molecule has 0 aliphatic carbocycles. The summed E-state index contributed by atoms with van der Waals surface area (Å²) in [6.07, 6.45) is 1.62. The third kappa shape index (κ3) is 2.94. The lowest BCUT2D eigenvalue weighted by Gasteiger charge is -2.01. The van der Waals surface area contributed by atoms with Crippen LogP contribution in [0.1, 0.15) is 18.9 Å². The molecule has 0 atom stereocenters. The SMILES string of the molecule is C/C(=C\CC(=O)O)c1cccc(O)c1. The minimum Gasteiger partial charge on any atom is -0.508 e.